The summed E-state index contributed by atoms with van der Waals surface area (Å²) in [5.74, 6) is 0.642. The number of benzene rings is 1. The van der Waals surface area contributed by atoms with E-state index in [1.54, 1.807) is 45.0 Å². The molecule has 0 aliphatic carbocycles. The highest BCUT2D eigenvalue weighted by Gasteiger charge is 2.38. The summed E-state index contributed by atoms with van der Waals surface area (Å²) in [4.78, 5) is 53.8. The molecule has 0 radical (unpaired) electrons. The number of terminal acetylenes is 1. The van der Waals surface area contributed by atoms with Gasteiger partial charge in [-0.2, -0.15) is 0 Å². The van der Waals surface area contributed by atoms with Crippen molar-refractivity contribution in [2.75, 3.05) is 20.2 Å². The van der Waals surface area contributed by atoms with Crippen LogP contribution in [0.1, 0.15) is 97.2 Å². The third-order valence-corrected chi connectivity index (χ3v) is 6.25. The fourth-order valence-electron chi connectivity index (χ4n) is 4.20. The molecule has 0 saturated carbocycles. The number of methoxy groups -OCH3 is 1. The SMILES string of the molecule is C#Cc1ccccc1C(C(=O)NCC(=O)OC)N(CCCCCCCC)C(=O)C(NC(=O)OC(C)(C)C)C(C)C. The molecule has 0 aliphatic heterocycles. The van der Waals surface area contributed by atoms with Crippen LogP contribution in [-0.4, -0.2) is 60.6 Å². The zero-order valence-corrected chi connectivity index (χ0v) is 25.2. The molecule has 2 atom stereocenters. The smallest absolute Gasteiger partial charge is 0.408 e. The number of esters is 1. The Morgan fingerprint density at radius 3 is 2.23 bits per heavy atom. The molecule has 2 N–H and O–H groups in total. The zero-order chi connectivity index (χ0) is 30.3. The van der Waals surface area contributed by atoms with Crippen molar-refractivity contribution in [1.82, 2.24) is 15.5 Å². The zero-order valence-electron chi connectivity index (χ0n) is 25.2. The molecular formula is C31H47N3O6. The van der Waals surface area contributed by atoms with Crippen LogP contribution in [0.2, 0.25) is 0 Å². The van der Waals surface area contributed by atoms with E-state index in [2.05, 4.69) is 28.2 Å². The number of amides is 3. The van der Waals surface area contributed by atoms with E-state index in [0.29, 0.717) is 17.5 Å². The second kappa shape index (κ2) is 17.2. The van der Waals surface area contributed by atoms with Crippen LogP contribution in [0, 0.1) is 18.3 Å². The van der Waals surface area contributed by atoms with Gasteiger partial charge in [-0.25, -0.2) is 4.79 Å². The molecule has 1 aromatic rings. The number of nitrogens with one attached hydrogen (secondary N) is 2. The highest BCUT2D eigenvalue weighted by atomic mass is 16.6. The maximum Gasteiger partial charge on any atom is 0.408 e. The standard InChI is InChI=1S/C31H47N3O6/c1-9-11-12-13-14-17-20-34(29(37)26(22(3)4)33-30(38)40-31(5,6)7)27(28(36)32-21-25(35)39-8)24-19-16-15-18-23(24)10-2/h2,15-16,18-19,22,26-27H,9,11-14,17,20-21H2,1,3-8H3,(H,32,36)(H,33,38). The summed E-state index contributed by atoms with van der Waals surface area (Å²) in [6.45, 7) is 10.9. The summed E-state index contributed by atoms with van der Waals surface area (Å²) in [5, 5.41) is 5.30. The highest BCUT2D eigenvalue weighted by Crippen LogP contribution is 2.27. The Hall–Kier alpha value is -3.54. The topological polar surface area (TPSA) is 114 Å². The molecule has 0 aliphatic rings. The molecule has 0 fully saturated rings. The van der Waals surface area contributed by atoms with E-state index in [1.807, 2.05) is 13.8 Å². The van der Waals surface area contributed by atoms with Gasteiger partial charge in [-0.15, -0.1) is 6.42 Å². The Kier molecular flexibility index (Phi) is 14.8. The molecular weight excluding hydrogens is 510 g/mol. The lowest BCUT2D eigenvalue weighted by Gasteiger charge is -2.36. The van der Waals surface area contributed by atoms with E-state index >= 15 is 0 Å². The molecule has 3 amide bonds. The van der Waals surface area contributed by atoms with Crippen LogP contribution < -0.4 is 10.6 Å². The van der Waals surface area contributed by atoms with Crippen molar-refractivity contribution in [3.05, 3.63) is 35.4 Å². The van der Waals surface area contributed by atoms with Crippen molar-refractivity contribution >= 4 is 23.9 Å². The summed E-state index contributed by atoms with van der Waals surface area (Å²) < 4.78 is 10.1. The summed E-state index contributed by atoms with van der Waals surface area (Å²) >= 11 is 0. The molecule has 9 nitrogen and oxygen atoms in total. The monoisotopic (exact) mass is 557 g/mol. The van der Waals surface area contributed by atoms with E-state index in [0.717, 1.165) is 32.1 Å². The first kappa shape index (κ1) is 34.5. The number of carbonyl (C=O) groups is 4. The Morgan fingerprint density at radius 2 is 1.65 bits per heavy atom. The Bertz CT molecular complexity index is 1020. The van der Waals surface area contributed by atoms with Crippen LogP contribution >= 0.6 is 0 Å². The molecule has 0 bridgehead atoms. The molecule has 1 aromatic carbocycles. The molecule has 0 saturated heterocycles. The molecule has 9 heteroatoms. The van der Waals surface area contributed by atoms with Crippen molar-refractivity contribution in [2.24, 2.45) is 5.92 Å². The predicted molar refractivity (Wildman–Crippen MR) is 155 cm³/mol. The summed E-state index contributed by atoms with van der Waals surface area (Å²) in [6.07, 6.45) is 10.9. The molecule has 1 rings (SSSR count). The van der Waals surface area contributed by atoms with E-state index in [1.165, 1.54) is 12.0 Å². The fourth-order valence-corrected chi connectivity index (χ4v) is 4.20. The Labute approximate surface area is 239 Å². The number of unbranched alkanes of at least 4 members (excludes halogenated alkanes) is 5. The predicted octanol–water partition coefficient (Wildman–Crippen LogP) is 4.74. The van der Waals surface area contributed by atoms with Crippen molar-refractivity contribution in [1.29, 1.82) is 0 Å². The van der Waals surface area contributed by atoms with Crippen LogP contribution in [0.15, 0.2) is 24.3 Å². The number of alkyl carbamates (subject to hydrolysis) is 1. The number of rotatable bonds is 15. The summed E-state index contributed by atoms with van der Waals surface area (Å²) in [5.41, 5.74) is 0.142. The van der Waals surface area contributed by atoms with E-state index in [9.17, 15) is 19.2 Å². The molecule has 0 aromatic heterocycles. The highest BCUT2D eigenvalue weighted by molar-refractivity contribution is 5.93. The Morgan fingerprint density at radius 1 is 1.02 bits per heavy atom. The van der Waals surface area contributed by atoms with Gasteiger partial charge in [0.25, 0.3) is 0 Å². The van der Waals surface area contributed by atoms with Crippen molar-refractivity contribution < 1.29 is 28.7 Å². The normalized spacial score (nSPS) is 12.6. The first-order valence-electron chi connectivity index (χ1n) is 14.1. The van der Waals surface area contributed by atoms with Crippen molar-refractivity contribution in [3.8, 4) is 12.3 Å². The lowest BCUT2D eigenvalue weighted by atomic mass is 9.95. The number of hydrogen-bond donors (Lipinski definition) is 2. The molecule has 2 unspecified atom stereocenters. The fraction of sp³-hybridized carbons (Fsp3) is 0.613. The maximum absolute atomic E-state index is 14.2. The van der Waals surface area contributed by atoms with Crippen LogP contribution in [0.5, 0.6) is 0 Å². The molecule has 0 spiro atoms. The number of carbonyl (C=O) groups excluding carboxylic acids is 4. The number of hydrogen-bond acceptors (Lipinski definition) is 6. The van der Waals surface area contributed by atoms with Crippen LogP contribution in [0.25, 0.3) is 0 Å². The van der Waals surface area contributed by atoms with Gasteiger partial charge in [-0.05, 0) is 44.7 Å². The average Bonchev–Trinajstić information content (AvgIpc) is 2.90. The van der Waals surface area contributed by atoms with Gasteiger partial charge in [0.1, 0.15) is 24.2 Å². The first-order chi connectivity index (χ1) is 18.9. The maximum atomic E-state index is 14.2. The van der Waals surface area contributed by atoms with Gasteiger partial charge in [0.2, 0.25) is 11.8 Å². The van der Waals surface area contributed by atoms with Crippen LogP contribution in [0.4, 0.5) is 4.79 Å². The van der Waals surface area contributed by atoms with E-state index in [4.69, 9.17) is 11.2 Å². The first-order valence-corrected chi connectivity index (χ1v) is 14.1. The number of nitrogens with zero attached hydrogens (tertiary/aromatic N) is 1. The second-order valence-electron chi connectivity index (χ2n) is 11.1. The van der Waals surface area contributed by atoms with Crippen molar-refractivity contribution in [2.45, 2.75) is 97.8 Å². The van der Waals surface area contributed by atoms with Gasteiger partial charge in [0.15, 0.2) is 0 Å². The number of ether oxygens (including phenoxy) is 2. The second-order valence-corrected chi connectivity index (χ2v) is 11.1. The summed E-state index contributed by atoms with van der Waals surface area (Å²) in [6, 6.07) is 4.78. The quantitative estimate of drug-likeness (QED) is 0.183. The third kappa shape index (κ3) is 11.7. The van der Waals surface area contributed by atoms with Gasteiger partial charge in [-0.1, -0.05) is 77.0 Å². The van der Waals surface area contributed by atoms with Gasteiger partial charge >= 0.3 is 12.1 Å². The van der Waals surface area contributed by atoms with Crippen LogP contribution in [0.3, 0.4) is 0 Å². The summed E-state index contributed by atoms with van der Waals surface area (Å²) in [7, 11) is 1.23. The average molecular weight is 558 g/mol. The minimum absolute atomic E-state index is 0.249. The van der Waals surface area contributed by atoms with Gasteiger partial charge in [0, 0.05) is 12.1 Å². The third-order valence-electron chi connectivity index (χ3n) is 6.25. The largest absolute Gasteiger partial charge is 0.468 e. The minimum Gasteiger partial charge on any atom is -0.468 e. The molecule has 40 heavy (non-hydrogen) atoms. The van der Waals surface area contributed by atoms with Crippen molar-refractivity contribution in [3.63, 3.8) is 0 Å². The lowest BCUT2D eigenvalue weighted by molar-refractivity contribution is -0.145. The van der Waals surface area contributed by atoms with E-state index < -0.39 is 41.6 Å². The Balaban J connectivity index is 3.51. The van der Waals surface area contributed by atoms with Gasteiger partial charge in [0.05, 0.1) is 7.11 Å². The molecule has 222 valence electrons. The van der Waals surface area contributed by atoms with Gasteiger partial charge in [-0.3, -0.25) is 14.4 Å². The van der Waals surface area contributed by atoms with Crippen LogP contribution in [-0.2, 0) is 23.9 Å². The lowest BCUT2D eigenvalue weighted by Crippen LogP contribution is -2.55. The van der Waals surface area contributed by atoms with E-state index in [-0.39, 0.29) is 19.0 Å². The minimum atomic E-state index is -1.14. The van der Waals surface area contributed by atoms with Gasteiger partial charge < -0.3 is 25.0 Å². The molecule has 0 heterocycles.